The van der Waals surface area contributed by atoms with Crippen molar-refractivity contribution < 1.29 is 8.94 Å². The number of hydrogen-bond acceptors (Lipinski definition) is 7. The predicted molar refractivity (Wildman–Crippen MR) is 72.8 cm³/mol. The number of nitrogens with two attached hydrogens (primary N) is 1. The lowest BCUT2D eigenvalue weighted by Gasteiger charge is -2.34. The van der Waals surface area contributed by atoms with Crippen LogP contribution in [0.4, 0.5) is 0 Å². The summed E-state index contributed by atoms with van der Waals surface area (Å²) >= 11 is 1.45. The number of rotatable bonds is 3. The minimum absolute atomic E-state index is 0.406. The normalized spacial score (nSPS) is 17.1. The van der Waals surface area contributed by atoms with E-state index in [2.05, 4.69) is 15.1 Å². The lowest BCUT2D eigenvalue weighted by atomic mass is 9.77. The summed E-state index contributed by atoms with van der Waals surface area (Å²) in [4.78, 5) is 9.53. The maximum Gasteiger partial charge on any atom is 0.269 e. The smallest absolute Gasteiger partial charge is 0.269 e. The molecule has 1 aliphatic carbocycles. The van der Waals surface area contributed by atoms with Crippen LogP contribution in [0.1, 0.15) is 25.1 Å². The van der Waals surface area contributed by atoms with E-state index in [1.165, 1.54) is 11.3 Å². The molecular formula is C13H12N4O2S. The molecule has 0 spiro atoms. The summed E-state index contributed by atoms with van der Waals surface area (Å²) in [5, 5.41) is 4.79. The van der Waals surface area contributed by atoms with E-state index < -0.39 is 5.54 Å². The molecule has 0 radical (unpaired) electrons. The minimum atomic E-state index is -0.406. The third kappa shape index (κ3) is 1.78. The Kier molecular flexibility index (Phi) is 2.51. The number of furan rings is 1. The van der Waals surface area contributed by atoms with Crippen molar-refractivity contribution >= 4 is 11.3 Å². The van der Waals surface area contributed by atoms with E-state index in [0.717, 1.165) is 34.9 Å². The summed E-state index contributed by atoms with van der Waals surface area (Å²) < 4.78 is 10.6. The van der Waals surface area contributed by atoms with Crippen molar-refractivity contribution in [2.75, 3.05) is 0 Å². The van der Waals surface area contributed by atoms with E-state index in [-0.39, 0.29) is 0 Å². The topological polar surface area (TPSA) is 91.0 Å². The fourth-order valence-corrected chi connectivity index (χ4v) is 3.00. The average Bonchev–Trinajstić information content (AvgIpc) is 3.13. The lowest BCUT2D eigenvalue weighted by molar-refractivity contribution is 0.229. The van der Waals surface area contributed by atoms with Crippen LogP contribution in [0.15, 0.2) is 33.5 Å². The fraction of sp³-hybridized carbons (Fsp3) is 0.308. The Morgan fingerprint density at radius 1 is 1.35 bits per heavy atom. The highest BCUT2D eigenvalue weighted by Gasteiger charge is 2.39. The molecule has 7 heteroatoms. The van der Waals surface area contributed by atoms with Gasteiger partial charge in [-0.1, -0.05) is 5.16 Å². The molecule has 20 heavy (non-hydrogen) atoms. The summed E-state index contributed by atoms with van der Waals surface area (Å²) in [7, 11) is 0. The van der Waals surface area contributed by atoms with Crippen LogP contribution in [0.2, 0.25) is 0 Å². The molecule has 0 aromatic carbocycles. The van der Waals surface area contributed by atoms with Crippen molar-refractivity contribution in [2.45, 2.75) is 24.8 Å². The quantitative estimate of drug-likeness (QED) is 0.796. The number of aromatic nitrogens is 3. The molecule has 1 fully saturated rings. The van der Waals surface area contributed by atoms with Gasteiger partial charge in [-0.15, -0.1) is 11.3 Å². The standard InChI is InChI=1S/C13H12N4O2S/c14-13(4-2-5-13)12-16-10(19-17-12)9-7-15-11(20-9)8-3-1-6-18-8/h1,3,6-7H,2,4-5,14H2. The molecule has 3 heterocycles. The van der Waals surface area contributed by atoms with Gasteiger partial charge in [-0.2, -0.15) is 4.98 Å². The molecule has 0 atom stereocenters. The zero-order chi connectivity index (χ0) is 13.6. The predicted octanol–water partition coefficient (Wildman–Crippen LogP) is 2.79. The molecule has 3 aromatic heterocycles. The Morgan fingerprint density at radius 2 is 2.25 bits per heavy atom. The maximum atomic E-state index is 6.19. The van der Waals surface area contributed by atoms with Crippen molar-refractivity contribution in [3.63, 3.8) is 0 Å². The third-order valence-corrected chi connectivity index (χ3v) is 4.57. The van der Waals surface area contributed by atoms with Crippen molar-refractivity contribution in [3.8, 4) is 21.5 Å². The van der Waals surface area contributed by atoms with E-state index in [1.807, 2.05) is 12.1 Å². The van der Waals surface area contributed by atoms with Crippen LogP contribution in [0.25, 0.3) is 21.5 Å². The largest absolute Gasteiger partial charge is 0.462 e. The molecule has 102 valence electrons. The molecule has 0 aliphatic heterocycles. The second-order valence-corrected chi connectivity index (χ2v) is 5.97. The highest BCUT2D eigenvalue weighted by atomic mass is 32.1. The second kappa shape index (κ2) is 4.26. The van der Waals surface area contributed by atoms with E-state index >= 15 is 0 Å². The number of hydrogen-bond donors (Lipinski definition) is 1. The van der Waals surface area contributed by atoms with E-state index in [1.54, 1.807) is 12.5 Å². The van der Waals surface area contributed by atoms with Crippen LogP contribution in [0.5, 0.6) is 0 Å². The first-order valence-corrected chi connectivity index (χ1v) is 7.19. The first-order valence-electron chi connectivity index (χ1n) is 6.38. The Hall–Kier alpha value is -1.99. The van der Waals surface area contributed by atoms with Crippen molar-refractivity contribution in [2.24, 2.45) is 5.73 Å². The Bertz CT molecular complexity index is 727. The minimum Gasteiger partial charge on any atom is -0.462 e. The zero-order valence-electron chi connectivity index (χ0n) is 10.6. The highest BCUT2D eigenvalue weighted by Crippen LogP contribution is 2.38. The maximum absolute atomic E-state index is 6.19. The first-order chi connectivity index (χ1) is 9.74. The van der Waals surface area contributed by atoms with Gasteiger partial charge in [0.25, 0.3) is 5.89 Å². The number of nitrogens with zero attached hydrogens (tertiary/aromatic N) is 3. The summed E-state index contributed by atoms with van der Waals surface area (Å²) in [5.74, 6) is 1.79. The molecule has 2 N–H and O–H groups in total. The Balaban J connectivity index is 1.65. The molecule has 0 bridgehead atoms. The van der Waals surface area contributed by atoms with Gasteiger partial charge < -0.3 is 14.7 Å². The van der Waals surface area contributed by atoms with Gasteiger partial charge in [0.15, 0.2) is 16.6 Å². The van der Waals surface area contributed by atoms with Gasteiger partial charge >= 0.3 is 0 Å². The van der Waals surface area contributed by atoms with Crippen LogP contribution >= 0.6 is 11.3 Å². The van der Waals surface area contributed by atoms with Gasteiger partial charge in [-0.05, 0) is 31.4 Å². The van der Waals surface area contributed by atoms with Gasteiger partial charge in [0.1, 0.15) is 4.88 Å². The van der Waals surface area contributed by atoms with Crippen LogP contribution < -0.4 is 5.73 Å². The van der Waals surface area contributed by atoms with Gasteiger partial charge in [0.05, 0.1) is 18.0 Å². The van der Waals surface area contributed by atoms with Crippen LogP contribution in [-0.2, 0) is 5.54 Å². The molecule has 1 saturated carbocycles. The third-order valence-electron chi connectivity index (χ3n) is 3.57. The Labute approximate surface area is 118 Å². The summed E-state index contributed by atoms with van der Waals surface area (Å²) in [6.45, 7) is 0. The van der Waals surface area contributed by atoms with Gasteiger partial charge in [0.2, 0.25) is 0 Å². The molecular weight excluding hydrogens is 276 g/mol. The van der Waals surface area contributed by atoms with Crippen LogP contribution in [0.3, 0.4) is 0 Å². The number of thiazole rings is 1. The molecule has 0 unspecified atom stereocenters. The van der Waals surface area contributed by atoms with Crippen molar-refractivity contribution in [1.82, 2.24) is 15.1 Å². The van der Waals surface area contributed by atoms with E-state index in [9.17, 15) is 0 Å². The van der Waals surface area contributed by atoms with Crippen LogP contribution in [-0.4, -0.2) is 15.1 Å². The molecule has 0 saturated heterocycles. The van der Waals surface area contributed by atoms with Gasteiger partial charge in [-0.25, -0.2) is 4.98 Å². The fourth-order valence-electron chi connectivity index (χ4n) is 2.19. The molecule has 4 rings (SSSR count). The van der Waals surface area contributed by atoms with E-state index in [0.29, 0.717) is 11.7 Å². The summed E-state index contributed by atoms with van der Waals surface area (Å²) in [6, 6.07) is 3.70. The Morgan fingerprint density at radius 3 is 2.95 bits per heavy atom. The second-order valence-electron chi connectivity index (χ2n) is 4.94. The van der Waals surface area contributed by atoms with Crippen LogP contribution in [0, 0.1) is 0 Å². The average molecular weight is 288 g/mol. The lowest BCUT2D eigenvalue weighted by Crippen LogP contribution is -2.44. The molecule has 3 aromatic rings. The monoisotopic (exact) mass is 288 g/mol. The van der Waals surface area contributed by atoms with Gasteiger partial charge in [0, 0.05) is 0 Å². The first kappa shape index (κ1) is 11.8. The van der Waals surface area contributed by atoms with Crippen molar-refractivity contribution in [1.29, 1.82) is 0 Å². The van der Waals surface area contributed by atoms with Crippen molar-refractivity contribution in [3.05, 3.63) is 30.4 Å². The highest BCUT2D eigenvalue weighted by molar-refractivity contribution is 7.18. The summed E-state index contributed by atoms with van der Waals surface area (Å²) in [5.41, 5.74) is 5.78. The van der Waals surface area contributed by atoms with E-state index in [4.69, 9.17) is 14.7 Å². The molecule has 1 aliphatic rings. The zero-order valence-corrected chi connectivity index (χ0v) is 11.4. The molecule has 6 nitrogen and oxygen atoms in total. The molecule has 0 amide bonds. The van der Waals surface area contributed by atoms with Gasteiger partial charge in [-0.3, -0.25) is 0 Å². The summed E-state index contributed by atoms with van der Waals surface area (Å²) in [6.07, 6.45) is 6.27. The SMILES string of the molecule is NC1(c2noc(-c3cnc(-c4ccco4)s3)n2)CCC1.